The Balaban J connectivity index is 1.73. The van der Waals surface area contributed by atoms with E-state index in [0.717, 1.165) is 17.3 Å². The minimum atomic E-state index is -3.02. The van der Waals surface area contributed by atoms with Crippen LogP contribution in [0.15, 0.2) is 46.0 Å². The van der Waals surface area contributed by atoms with Crippen molar-refractivity contribution in [2.45, 2.75) is 18.8 Å². The van der Waals surface area contributed by atoms with Crippen LogP contribution in [-0.4, -0.2) is 42.6 Å². The molecule has 1 aromatic heterocycles. The van der Waals surface area contributed by atoms with Gasteiger partial charge < -0.3 is 18.6 Å². The maximum absolute atomic E-state index is 12.6. The third-order valence-electron chi connectivity index (χ3n) is 3.98. The third-order valence-corrected chi connectivity index (χ3v) is 4.80. The predicted octanol–water partition coefficient (Wildman–Crippen LogP) is 4.64. The summed E-state index contributed by atoms with van der Waals surface area (Å²) in [5, 5.41) is 8.05. The summed E-state index contributed by atoms with van der Waals surface area (Å²) in [7, 11) is 3.05. The molecule has 10 heteroatoms. The van der Waals surface area contributed by atoms with E-state index in [1.165, 1.54) is 26.4 Å². The Morgan fingerprint density at radius 1 is 1.10 bits per heavy atom. The first kappa shape index (κ1) is 21.6. The molecule has 0 radical (unpaired) electrons. The van der Waals surface area contributed by atoms with E-state index in [0.29, 0.717) is 17.1 Å². The second-order valence-corrected chi connectivity index (χ2v) is 6.99. The van der Waals surface area contributed by atoms with Crippen LogP contribution < -0.4 is 14.2 Å². The number of Topliss-reactive ketones (excluding diaryl/α,β-unsaturated/α-hetero) is 1. The number of rotatable bonds is 9. The SMILES string of the molecule is COc1cc(OC)cc(-c2nnc(SCC(=O)c3cc(C)ccc3OC(F)F)o2)c1. The van der Waals surface area contributed by atoms with Crippen molar-refractivity contribution in [2.75, 3.05) is 20.0 Å². The number of nitrogens with zero attached hydrogens (tertiary/aromatic N) is 2. The highest BCUT2D eigenvalue weighted by molar-refractivity contribution is 7.99. The Morgan fingerprint density at radius 3 is 2.43 bits per heavy atom. The number of methoxy groups -OCH3 is 2. The van der Waals surface area contributed by atoms with Crippen molar-refractivity contribution < 1.29 is 32.2 Å². The van der Waals surface area contributed by atoms with Gasteiger partial charge in [0.15, 0.2) is 5.78 Å². The molecule has 0 unspecified atom stereocenters. The van der Waals surface area contributed by atoms with Gasteiger partial charge in [0.05, 0.1) is 25.5 Å². The number of halogens is 2. The molecule has 0 N–H and O–H groups in total. The van der Waals surface area contributed by atoms with Crippen LogP contribution in [0.2, 0.25) is 0 Å². The highest BCUT2D eigenvalue weighted by Crippen LogP contribution is 2.31. The lowest BCUT2D eigenvalue weighted by Crippen LogP contribution is -2.10. The molecule has 0 saturated heterocycles. The number of aryl methyl sites for hydroxylation is 1. The van der Waals surface area contributed by atoms with Crippen molar-refractivity contribution in [1.29, 1.82) is 0 Å². The number of ketones is 1. The van der Waals surface area contributed by atoms with Gasteiger partial charge in [0.1, 0.15) is 17.2 Å². The fourth-order valence-corrected chi connectivity index (χ4v) is 3.23. The monoisotopic (exact) mass is 436 g/mol. The number of benzene rings is 2. The molecule has 30 heavy (non-hydrogen) atoms. The van der Waals surface area contributed by atoms with Crippen LogP contribution in [0, 0.1) is 6.92 Å². The second-order valence-electron chi connectivity index (χ2n) is 6.06. The van der Waals surface area contributed by atoms with Gasteiger partial charge in [0.2, 0.25) is 5.89 Å². The first-order chi connectivity index (χ1) is 14.4. The van der Waals surface area contributed by atoms with E-state index < -0.39 is 12.4 Å². The Labute approximate surface area is 175 Å². The van der Waals surface area contributed by atoms with Crippen LogP contribution in [0.5, 0.6) is 17.2 Å². The molecule has 0 fully saturated rings. The number of carbonyl (C=O) groups is 1. The van der Waals surface area contributed by atoms with Gasteiger partial charge in [-0.25, -0.2) is 0 Å². The topological polar surface area (TPSA) is 83.7 Å². The molecular weight excluding hydrogens is 418 g/mol. The summed E-state index contributed by atoms with van der Waals surface area (Å²) in [6.07, 6.45) is 0. The summed E-state index contributed by atoms with van der Waals surface area (Å²) < 4.78 is 45.7. The largest absolute Gasteiger partial charge is 0.497 e. The molecule has 3 rings (SSSR count). The fraction of sp³-hybridized carbons (Fsp3) is 0.250. The standard InChI is InChI=1S/C20H18F2N2O5S/c1-11-4-5-17(28-19(21)22)15(6-11)16(25)10-30-20-24-23-18(29-20)12-7-13(26-2)9-14(8-12)27-3/h4-9,19H,10H2,1-3H3. The molecular formula is C20H18F2N2O5S. The first-order valence-corrected chi connectivity index (χ1v) is 9.66. The Hall–Kier alpha value is -3.14. The molecule has 7 nitrogen and oxygen atoms in total. The van der Waals surface area contributed by atoms with Crippen LogP contribution in [0.1, 0.15) is 15.9 Å². The molecule has 0 aliphatic carbocycles. The summed E-state index contributed by atoms with van der Waals surface area (Å²) >= 11 is 0.997. The predicted molar refractivity (Wildman–Crippen MR) is 106 cm³/mol. The van der Waals surface area contributed by atoms with Gasteiger partial charge in [-0.1, -0.05) is 23.4 Å². The van der Waals surface area contributed by atoms with Crippen molar-refractivity contribution in [2.24, 2.45) is 0 Å². The molecule has 0 amide bonds. The number of alkyl halides is 2. The van der Waals surface area contributed by atoms with Crippen molar-refractivity contribution >= 4 is 17.5 Å². The van der Waals surface area contributed by atoms with Crippen LogP contribution in [-0.2, 0) is 0 Å². The summed E-state index contributed by atoms with van der Waals surface area (Å²) in [6.45, 7) is -1.27. The maximum atomic E-state index is 12.6. The highest BCUT2D eigenvalue weighted by atomic mass is 32.2. The van der Waals surface area contributed by atoms with Crippen LogP contribution in [0.25, 0.3) is 11.5 Å². The van der Waals surface area contributed by atoms with Gasteiger partial charge in [-0.2, -0.15) is 8.78 Å². The number of aromatic nitrogens is 2. The van der Waals surface area contributed by atoms with E-state index >= 15 is 0 Å². The zero-order valence-electron chi connectivity index (χ0n) is 16.3. The number of hydrogen-bond donors (Lipinski definition) is 0. The normalized spacial score (nSPS) is 10.9. The van der Waals surface area contributed by atoms with E-state index in [1.807, 2.05) is 0 Å². The summed E-state index contributed by atoms with van der Waals surface area (Å²) in [6, 6.07) is 9.55. The van der Waals surface area contributed by atoms with Crippen molar-refractivity contribution in [3.63, 3.8) is 0 Å². The summed E-state index contributed by atoms with van der Waals surface area (Å²) in [4.78, 5) is 12.5. The quantitative estimate of drug-likeness (QED) is 0.354. The Kier molecular flexibility index (Phi) is 6.88. The molecule has 3 aromatic rings. The fourth-order valence-electron chi connectivity index (χ4n) is 2.58. The molecule has 0 aliphatic rings. The molecule has 0 bridgehead atoms. The minimum absolute atomic E-state index is 0.0695. The average Bonchev–Trinajstić information content (AvgIpc) is 3.21. The van der Waals surface area contributed by atoms with Crippen molar-refractivity contribution in [3.8, 4) is 28.7 Å². The average molecular weight is 436 g/mol. The van der Waals surface area contributed by atoms with E-state index in [4.69, 9.17) is 13.9 Å². The number of carbonyl (C=O) groups excluding carboxylic acids is 1. The van der Waals surface area contributed by atoms with Gasteiger partial charge in [-0.15, -0.1) is 10.2 Å². The van der Waals surface area contributed by atoms with E-state index in [1.54, 1.807) is 31.2 Å². The second kappa shape index (κ2) is 9.57. The zero-order valence-corrected chi connectivity index (χ0v) is 17.2. The molecule has 0 atom stereocenters. The summed E-state index contributed by atoms with van der Waals surface area (Å²) in [5.41, 5.74) is 1.40. The van der Waals surface area contributed by atoms with Gasteiger partial charge in [0.25, 0.3) is 5.22 Å². The zero-order chi connectivity index (χ0) is 21.7. The molecule has 2 aromatic carbocycles. The first-order valence-electron chi connectivity index (χ1n) is 8.68. The third kappa shape index (κ3) is 5.26. The van der Waals surface area contributed by atoms with E-state index in [-0.39, 0.29) is 28.2 Å². The molecule has 158 valence electrons. The Bertz CT molecular complexity index is 1020. The molecule has 1 heterocycles. The van der Waals surface area contributed by atoms with E-state index in [2.05, 4.69) is 14.9 Å². The number of thioether (sulfide) groups is 1. The smallest absolute Gasteiger partial charge is 0.387 e. The lowest BCUT2D eigenvalue weighted by molar-refractivity contribution is -0.0501. The molecule has 0 spiro atoms. The lowest BCUT2D eigenvalue weighted by Gasteiger charge is -2.10. The van der Waals surface area contributed by atoms with Crippen molar-refractivity contribution in [1.82, 2.24) is 10.2 Å². The highest BCUT2D eigenvalue weighted by Gasteiger charge is 2.18. The lowest BCUT2D eigenvalue weighted by atomic mass is 10.1. The van der Waals surface area contributed by atoms with Crippen LogP contribution in [0.4, 0.5) is 8.78 Å². The van der Waals surface area contributed by atoms with Crippen LogP contribution >= 0.6 is 11.8 Å². The van der Waals surface area contributed by atoms with E-state index in [9.17, 15) is 13.6 Å². The Morgan fingerprint density at radius 2 is 1.80 bits per heavy atom. The summed E-state index contributed by atoms with van der Waals surface area (Å²) in [5.74, 6) is 0.667. The van der Waals surface area contributed by atoms with Gasteiger partial charge in [-0.3, -0.25) is 4.79 Å². The van der Waals surface area contributed by atoms with Crippen molar-refractivity contribution in [3.05, 3.63) is 47.5 Å². The number of ether oxygens (including phenoxy) is 3. The molecule has 0 aliphatic heterocycles. The number of hydrogen-bond acceptors (Lipinski definition) is 8. The molecule has 0 saturated carbocycles. The minimum Gasteiger partial charge on any atom is -0.497 e. The maximum Gasteiger partial charge on any atom is 0.387 e. The van der Waals surface area contributed by atoms with Crippen LogP contribution in [0.3, 0.4) is 0 Å². The van der Waals surface area contributed by atoms with Gasteiger partial charge in [-0.05, 0) is 31.2 Å². The van der Waals surface area contributed by atoms with Gasteiger partial charge >= 0.3 is 6.61 Å². The van der Waals surface area contributed by atoms with Gasteiger partial charge in [0, 0.05) is 11.6 Å².